The molecule has 0 bridgehead atoms. The van der Waals surface area contributed by atoms with Crippen molar-refractivity contribution in [3.05, 3.63) is 71.0 Å². The van der Waals surface area contributed by atoms with Crippen LogP contribution in [0.2, 0.25) is 0 Å². The summed E-state index contributed by atoms with van der Waals surface area (Å²) in [5, 5.41) is 2.81. The first kappa shape index (κ1) is 17.7. The van der Waals surface area contributed by atoms with Gasteiger partial charge in [-0.1, -0.05) is 42.0 Å². The number of hydrogen-bond donors (Lipinski definition) is 1. The maximum atomic E-state index is 12.9. The Morgan fingerprint density at radius 2 is 1.79 bits per heavy atom. The molecule has 24 heavy (non-hydrogen) atoms. The lowest BCUT2D eigenvalue weighted by atomic mass is 10.1. The predicted octanol–water partition coefficient (Wildman–Crippen LogP) is 2.80. The smallest absolute Gasteiger partial charge is 0.239 e. The van der Waals surface area contributed by atoms with E-state index in [9.17, 15) is 14.0 Å². The Morgan fingerprint density at radius 1 is 1.08 bits per heavy atom. The van der Waals surface area contributed by atoms with Gasteiger partial charge < -0.3 is 10.2 Å². The van der Waals surface area contributed by atoms with Crippen LogP contribution in [-0.2, 0) is 22.7 Å². The molecular formula is C19H21FN2O2. The average Bonchev–Trinajstić information content (AvgIpc) is 2.54. The van der Waals surface area contributed by atoms with Gasteiger partial charge in [0.05, 0.1) is 6.54 Å². The summed E-state index contributed by atoms with van der Waals surface area (Å²) in [5.74, 6) is -0.761. The molecule has 0 aliphatic rings. The molecule has 2 amide bonds. The van der Waals surface area contributed by atoms with Crippen LogP contribution in [-0.4, -0.2) is 23.3 Å². The molecule has 1 N–H and O–H groups in total. The van der Waals surface area contributed by atoms with Crippen LogP contribution in [0, 0.1) is 12.7 Å². The van der Waals surface area contributed by atoms with E-state index in [-0.39, 0.29) is 30.7 Å². The molecule has 4 nitrogen and oxygen atoms in total. The quantitative estimate of drug-likeness (QED) is 0.886. The molecule has 0 saturated heterocycles. The molecule has 5 heteroatoms. The zero-order valence-corrected chi connectivity index (χ0v) is 13.9. The lowest BCUT2D eigenvalue weighted by Crippen LogP contribution is -2.39. The van der Waals surface area contributed by atoms with Crippen molar-refractivity contribution in [3.8, 4) is 0 Å². The summed E-state index contributed by atoms with van der Waals surface area (Å²) in [4.78, 5) is 25.3. The fourth-order valence-corrected chi connectivity index (χ4v) is 2.34. The maximum absolute atomic E-state index is 12.9. The van der Waals surface area contributed by atoms with Crippen molar-refractivity contribution >= 4 is 11.8 Å². The van der Waals surface area contributed by atoms with Crippen molar-refractivity contribution in [2.45, 2.75) is 26.9 Å². The van der Waals surface area contributed by atoms with Crippen LogP contribution in [0.15, 0.2) is 48.5 Å². The summed E-state index contributed by atoms with van der Waals surface area (Å²) >= 11 is 0. The minimum atomic E-state index is -0.330. The Kier molecular flexibility index (Phi) is 6.07. The van der Waals surface area contributed by atoms with E-state index < -0.39 is 0 Å². The molecule has 2 rings (SSSR count). The number of nitrogens with one attached hydrogen (secondary N) is 1. The van der Waals surface area contributed by atoms with Crippen molar-refractivity contribution in [1.82, 2.24) is 10.2 Å². The zero-order chi connectivity index (χ0) is 17.5. The molecule has 126 valence electrons. The highest BCUT2D eigenvalue weighted by Crippen LogP contribution is 2.07. The zero-order valence-electron chi connectivity index (χ0n) is 13.9. The van der Waals surface area contributed by atoms with Crippen molar-refractivity contribution in [3.63, 3.8) is 0 Å². The monoisotopic (exact) mass is 328 g/mol. The summed E-state index contributed by atoms with van der Waals surface area (Å²) in [6.07, 6.45) is 0. The van der Waals surface area contributed by atoms with E-state index in [2.05, 4.69) is 5.32 Å². The number of rotatable bonds is 6. The van der Waals surface area contributed by atoms with E-state index in [1.165, 1.54) is 24.0 Å². The summed E-state index contributed by atoms with van der Waals surface area (Å²) in [7, 11) is 0. The summed E-state index contributed by atoms with van der Waals surface area (Å²) in [5.41, 5.74) is 2.91. The number of hydrogen-bond acceptors (Lipinski definition) is 2. The highest BCUT2D eigenvalue weighted by molar-refractivity contribution is 5.83. The second kappa shape index (κ2) is 8.24. The van der Waals surface area contributed by atoms with Crippen LogP contribution in [0.25, 0.3) is 0 Å². The van der Waals surface area contributed by atoms with E-state index in [1.54, 1.807) is 12.1 Å². The van der Waals surface area contributed by atoms with Crippen molar-refractivity contribution < 1.29 is 14.0 Å². The first-order chi connectivity index (χ1) is 11.4. The Bertz CT molecular complexity index is 714. The van der Waals surface area contributed by atoms with E-state index in [4.69, 9.17) is 0 Å². The summed E-state index contributed by atoms with van der Waals surface area (Å²) in [6, 6.07) is 13.8. The van der Waals surface area contributed by atoms with Gasteiger partial charge in [-0.15, -0.1) is 0 Å². The number of carbonyl (C=O) groups is 2. The number of halogens is 1. The van der Waals surface area contributed by atoms with Crippen molar-refractivity contribution in [1.29, 1.82) is 0 Å². The van der Waals surface area contributed by atoms with Crippen LogP contribution in [0.5, 0.6) is 0 Å². The molecule has 0 heterocycles. The fraction of sp³-hybridized carbons (Fsp3) is 0.263. The predicted molar refractivity (Wildman–Crippen MR) is 90.5 cm³/mol. The third kappa shape index (κ3) is 5.50. The molecule has 0 aliphatic heterocycles. The SMILES string of the molecule is CC(=O)N(CC(=O)NCc1cccc(C)c1)Cc1ccc(F)cc1. The van der Waals surface area contributed by atoms with E-state index in [0.717, 1.165) is 16.7 Å². The molecule has 2 aromatic carbocycles. The summed E-state index contributed by atoms with van der Waals surface area (Å²) < 4.78 is 12.9. The van der Waals surface area contributed by atoms with Crippen LogP contribution in [0.3, 0.4) is 0 Å². The van der Waals surface area contributed by atoms with Gasteiger partial charge in [-0.3, -0.25) is 9.59 Å². The number of carbonyl (C=O) groups excluding carboxylic acids is 2. The first-order valence-corrected chi connectivity index (χ1v) is 7.76. The van der Waals surface area contributed by atoms with Gasteiger partial charge in [0, 0.05) is 20.0 Å². The van der Waals surface area contributed by atoms with E-state index in [1.807, 2.05) is 31.2 Å². The Morgan fingerprint density at radius 3 is 2.42 bits per heavy atom. The second-order valence-electron chi connectivity index (χ2n) is 5.77. The number of aryl methyl sites for hydroxylation is 1. The topological polar surface area (TPSA) is 49.4 Å². The van der Waals surface area contributed by atoms with Crippen LogP contribution < -0.4 is 5.32 Å². The first-order valence-electron chi connectivity index (χ1n) is 7.76. The largest absolute Gasteiger partial charge is 0.350 e. The Labute approximate surface area is 141 Å². The maximum Gasteiger partial charge on any atom is 0.239 e. The fourth-order valence-electron chi connectivity index (χ4n) is 2.34. The number of benzene rings is 2. The Hall–Kier alpha value is -2.69. The standard InChI is InChI=1S/C19H21FN2O2/c1-14-4-3-5-17(10-14)11-21-19(24)13-22(15(2)23)12-16-6-8-18(20)9-7-16/h3-10H,11-13H2,1-2H3,(H,21,24). The second-order valence-corrected chi connectivity index (χ2v) is 5.77. The van der Waals surface area contributed by atoms with Crippen LogP contribution in [0.1, 0.15) is 23.6 Å². The third-order valence-corrected chi connectivity index (χ3v) is 3.64. The van der Waals surface area contributed by atoms with Crippen LogP contribution in [0.4, 0.5) is 4.39 Å². The van der Waals surface area contributed by atoms with Gasteiger partial charge in [-0.2, -0.15) is 0 Å². The van der Waals surface area contributed by atoms with Gasteiger partial charge in [0.15, 0.2) is 0 Å². The molecule has 0 spiro atoms. The lowest BCUT2D eigenvalue weighted by molar-refractivity contribution is -0.135. The van der Waals surface area contributed by atoms with E-state index >= 15 is 0 Å². The molecule has 0 saturated carbocycles. The lowest BCUT2D eigenvalue weighted by Gasteiger charge is -2.20. The van der Waals surface area contributed by atoms with Crippen molar-refractivity contribution in [2.24, 2.45) is 0 Å². The van der Waals surface area contributed by atoms with Gasteiger partial charge in [0.1, 0.15) is 5.82 Å². The van der Waals surface area contributed by atoms with Crippen molar-refractivity contribution in [2.75, 3.05) is 6.54 Å². The molecular weight excluding hydrogens is 307 g/mol. The minimum Gasteiger partial charge on any atom is -0.350 e. The van der Waals surface area contributed by atoms with Gasteiger partial charge in [-0.25, -0.2) is 4.39 Å². The minimum absolute atomic E-state index is 0.0292. The van der Waals surface area contributed by atoms with Gasteiger partial charge >= 0.3 is 0 Å². The van der Waals surface area contributed by atoms with E-state index in [0.29, 0.717) is 6.54 Å². The highest BCUT2D eigenvalue weighted by atomic mass is 19.1. The molecule has 0 aliphatic carbocycles. The molecule has 0 radical (unpaired) electrons. The molecule has 2 aromatic rings. The highest BCUT2D eigenvalue weighted by Gasteiger charge is 2.14. The summed E-state index contributed by atoms with van der Waals surface area (Å²) in [6.45, 7) is 4.07. The molecule has 0 aromatic heterocycles. The third-order valence-electron chi connectivity index (χ3n) is 3.64. The average molecular weight is 328 g/mol. The van der Waals surface area contributed by atoms with Gasteiger partial charge in [0.25, 0.3) is 0 Å². The molecule has 0 fully saturated rings. The normalized spacial score (nSPS) is 10.3. The van der Waals surface area contributed by atoms with Crippen LogP contribution >= 0.6 is 0 Å². The van der Waals surface area contributed by atoms with Gasteiger partial charge in [-0.05, 0) is 30.2 Å². The molecule has 0 unspecified atom stereocenters. The van der Waals surface area contributed by atoms with Gasteiger partial charge in [0.2, 0.25) is 11.8 Å². The number of nitrogens with zero attached hydrogens (tertiary/aromatic N) is 1. The number of amides is 2. The molecule has 0 atom stereocenters. The Balaban J connectivity index is 1.91.